The first-order valence-electron chi connectivity index (χ1n) is 9.96. The number of allylic oxidation sites excluding steroid dienone is 1. The first kappa shape index (κ1) is 19.1. The first-order valence-corrected chi connectivity index (χ1v) is 9.96. The molecule has 27 heavy (non-hydrogen) atoms. The lowest BCUT2D eigenvalue weighted by Crippen LogP contribution is -2.27. The summed E-state index contributed by atoms with van der Waals surface area (Å²) in [4.78, 5) is 11.8. The minimum atomic E-state index is 0.532. The molecule has 6 heteroatoms. The van der Waals surface area contributed by atoms with Crippen molar-refractivity contribution in [2.75, 3.05) is 13.1 Å². The molecule has 2 aromatic rings. The Morgan fingerprint density at radius 2 is 2.19 bits per heavy atom. The van der Waals surface area contributed by atoms with Gasteiger partial charge in [-0.25, -0.2) is 9.97 Å². The number of H-pyrrole nitrogens is 1. The number of nitrogens with zero attached hydrogens (tertiary/aromatic N) is 5. The summed E-state index contributed by atoms with van der Waals surface area (Å²) in [6.07, 6.45) is 15.4. The van der Waals surface area contributed by atoms with Crippen LogP contribution in [0.25, 0.3) is 16.6 Å². The van der Waals surface area contributed by atoms with Crippen molar-refractivity contribution in [2.24, 2.45) is 11.0 Å². The molecule has 0 fully saturated rings. The van der Waals surface area contributed by atoms with Gasteiger partial charge in [0.2, 0.25) is 0 Å². The highest BCUT2D eigenvalue weighted by Crippen LogP contribution is 2.23. The molecule has 0 unspecified atom stereocenters. The third-order valence-electron chi connectivity index (χ3n) is 5.11. The van der Waals surface area contributed by atoms with Crippen LogP contribution >= 0.6 is 0 Å². The quantitative estimate of drug-likeness (QED) is 0.628. The summed E-state index contributed by atoms with van der Waals surface area (Å²) in [6.45, 7) is 3.93. The normalized spacial score (nSPS) is 15.0. The molecule has 0 saturated carbocycles. The van der Waals surface area contributed by atoms with Gasteiger partial charge >= 0.3 is 0 Å². The Hall–Kier alpha value is -2.68. The number of hydrogen-bond donors (Lipinski definition) is 1. The zero-order chi connectivity index (χ0) is 18.9. The maximum Gasteiger partial charge on any atom is 0.141 e. The molecule has 1 aliphatic rings. The van der Waals surface area contributed by atoms with Gasteiger partial charge in [0, 0.05) is 30.1 Å². The van der Waals surface area contributed by atoms with Crippen molar-refractivity contribution in [1.82, 2.24) is 20.0 Å². The maximum absolute atomic E-state index is 8.94. The van der Waals surface area contributed by atoms with Crippen molar-refractivity contribution in [3.05, 3.63) is 30.4 Å². The van der Waals surface area contributed by atoms with Gasteiger partial charge in [-0.15, -0.1) is 0 Å². The van der Waals surface area contributed by atoms with Crippen molar-refractivity contribution in [1.29, 1.82) is 5.26 Å². The third kappa shape index (κ3) is 5.16. The number of aromatic nitrogens is 3. The van der Waals surface area contributed by atoms with Crippen molar-refractivity contribution in [3.8, 4) is 6.07 Å². The molecule has 3 heterocycles. The van der Waals surface area contributed by atoms with Gasteiger partial charge in [-0.3, -0.25) is 5.01 Å². The summed E-state index contributed by atoms with van der Waals surface area (Å²) in [5, 5.41) is 16.7. The highest BCUT2D eigenvalue weighted by molar-refractivity contribution is 6.13. The van der Waals surface area contributed by atoms with Gasteiger partial charge in [-0.05, 0) is 24.8 Å². The van der Waals surface area contributed by atoms with E-state index in [-0.39, 0.29) is 0 Å². The fraction of sp³-hybridized carbons (Fsp3) is 0.524. The van der Waals surface area contributed by atoms with Crippen LogP contribution in [0.5, 0.6) is 0 Å². The van der Waals surface area contributed by atoms with Crippen LogP contribution in [-0.4, -0.2) is 39.3 Å². The third-order valence-corrected chi connectivity index (χ3v) is 5.11. The molecular weight excluding hydrogens is 336 g/mol. The molecule has 6 nitrogen and oxygen atoms in total. The lowest BCUT2D eigenvalue weighted by molar-refractivity contribution is 0.243. The minimum Gasteiger partial charge on any atom is -0.346 e. The second kappa shape index (κ2) is 9.86. The van der Waals surface area contributed by atoms with Crippen LogP contribution < -0.4 is 0 Å². The zero-order valence-corrected chi connectivity index (χ0v) is 16.1. The summed E-state index contributed by atoms with van der Waals surface area (Å²) in [5.41, 5.74) is 2.81. The highest BCUT2D eigenvalue weighted by Gasteiger charge is 2.16. The van der Waals surface area contributed by atoms with E-state index in [4.69, 9.17) is 5.26 Å². The first-order chi connectivity index (χ1) is 13.3. The molecule has 1 atom stereocenters. The smallest absolute Gasteiger partial charge is 0.141 e. The summed E-state index contributed by atoms with van der Waals surface area (Å²) in [6, 6.07) is 4.29. The summed E-state index contributed by atoms with van der Waals surface area (Å²) in [7, 11) is 0. The van der Waals surface area contributed by atoms with E-state index in [1.54, 1.807) is 6.33 Å². The summed E-state index contributed by atoms with van der Waals surface area (Å²) >= 11 is 0. The van der Waals surface area contributed by atoms with Crippen LogP contribution in [0.4, 0.5) is 0 Å². The standard InChI is InChI=1S/C21H28N6/c1-2-3-4-5-7-17(8-6-11-22)15-27-13-10-18(14-26-27)20-19-9-12-23-21(19)25-16-24-20/h9-10,12,14,16-17H,2-8,13,15H2,1H3,(H,23,24,25)/t17-/m1/s1. The average Bonchev–Trinajstić information content (AvgIpc) is 3.18. The second-order valence-corrected chi connectivity index (χ2v) is 7.15. The number of nitriles is 1. The molecule has 0 aromatic carbocycles. The Balaban J connectivity index is 1.59. The number of hydrogen-bond acceptors (Lipinski definition) is 5. The molecule has 142 valence electrons. The Bertz CT molecular complexity index is 829. The maximum atomic E-state index is 8.94. The molecule has 1 aliphatic heterocycles. The molecule has 0 aliphatic carbocycles. The predicted molar refractivity (Wildman–Crippen MR) is 109 cm³/mol. The van der Waals surface area contributed by atoms with E-state index < -0.39 is 0 Å². The van der Waals surface area contributed by atoms with Crippen LogP contribution in [-0.2, 0) is 0 Å². The SMILES string of the molecule is CCCCCC[C@H](CCC#N)CN1CC=C(c2ncnc3[nH]ccc23)C=N1. The predicted octanol–water partition coefficient (Wildman–Crippen LogP) is 4.53. The van der Waals surface area contributed by atoms with Gasteiger partial charge in [0.05, 0.1) is 24.5 Å². The molecule has 1 N–H and O–H groups in total. The van der Waals surface area contributed by atoms with E-state index in [2.05, 4.69) is 44.1 Å². The Kier molecular flexibility index (Phi) is 6.97. The number of unbranched alkanes of at least 4 members (excludes halogenated alkanes) is 3. The number of nitrogens with one attached hydrogen (secondary N) is 1. The molecule has 0 saturated heterocycles. The van der Waals surface area contributed by atoms with E-state index in [9.17, 15) is 0 Å². The number of rotatable bonds is 10. The highest BCUT2D eigenvalue weighted by atomic mass is 15.4. The van der Waals surface area contributed by atoms with Crippen molar-refractivity contribution in [2.45, 2.75) is 51.9 Å². The van der Waals surface area contributed by atoms with Crippen LogP contribution in [0.2, 0.25) is 0 Å². The van der Waals surface area contributed by atoms with E-state index in [0.717, 1.165) is 41.8 Å². The van der Waals surface area contributed by atoms with E-state index in [1.807, 2.05) is 18.5 Å². The number of hydrazone groups is 1. The topological polar surface area (TPSA) is 81.0 Å². The Morgan fingerprint density at radius 1 is 1.26 bits per heavy atom. The molecule has 0 spiro atoms. The fourth-order valence-corrected chi connectivity index (χ4v) is 3.58. The van der Waals surface area contributed by atoms with Crippen LogP contribution in [0.15, 0.2) is 29.8 Å². The number of aromatic amines is 1. The van der Waals surface area contributed by atoms with Gasteiger partial charge in [0.15, 0.2) is 0 Å². The van der Waals surface area contributed by atoms with E-state index in [1.165, 1.54) is 32.1 Å². The molecule has 0 amide bonds. The summed E-state index contributed by atoms with van der Waals surface area (Å²) in [5.74, 6) is 0.532. The second-order valence-electron chi connectivity index (χ2n) is 7.15. The lowest BCUT2D eigenvalue weighted by atomic mass is 9.95. The van der Waals surface area contributed by atoms with Gasteiger partial charge in [-0.2, -0.15) is 10.4 Å². The van der Waals surface area contributed by atoms with Gasteiger partial charge in [-0.1, -0.05) is 38.7 Å². The Labute approximate surface area is 161 Å². The number of fused-ring (bicyclic) bond motifs is 1. The molecule has 0 radical (unpaired) electrons. The zero-order valence-electron chi connectivity index (χ0n) is 16.1. The van der Waals surface area contributed by atoms with Crippen LogP contribution in [0.1, 0.15) is 57.6 Å². The molecule has 2 aromatic heterocycles. The molecular formula is C21H28N6. The monoisotopic (exact) mass is 364 g/mol. The van der Waals surface area contributed by atoms with E-state index >= 15 is 0 Å². The Morgan fingerprint density at radius 3 is 2.96 bits per heavy atom. The molecule has 0 bridgehead atoms. The lowest BCUT2D eigenvalue weighted by Gasteiger charge is -2.26. The van der Waals surface area contributed by atoms with Crippen LogP contribution in [0, 0.1) is 17.2 Å². The van der Waals surface area contributed by atoms with Gasteiger partial charge in [0.1, 0.15) is 12.0 Å². The summed E-state index contributed by atoms with van der Waals surface area (Å²) < 4.78 is 0. The van der Waals surface area contributed by atoms with Crippen molar-refractivity contribution < 1.29 is 0 Å². The largest absolute Gasteiger partial charge is 0.346 e. The average molecular weight is 364 g/mol. The van der Waals surface area contributed by atoms with Crippen molar-refractivity contribution in [3.63, 3.8) is 0 Å². The van der Waals surface area contributed by atoms with E-state index in [0.29, 0.717) is 12.3 Å². The van der Waals surface area contributed by atoms with Gasteiger partial charge in [0.25, 0.3) is 0 Å². The fourth-order valence-electron chi connectivity index (χ4n) is 3.58. The van der Waals surface area contributed by atoms with Gasteiger partial charge < -0.3 is 4.98 Å². The minimum absolute atomic E-state index is 0.532. The molecule has 3 rings (SSSR count). The van der Waals surface area contributed by atoms with Crippen LogP contribution in [0.3, 0.4) is 0 Å². The van der Waals surface area contributed by atoms with Crippen molar-refractivity contribution >= 4 is 22.8 Å².